The number of nitrogens with one attached hydrogen (secondary N) is 1. The van der Waals surface area contributed by atoms with E-state index in [0.29, 0.717) is 32.1 Å². The molecular formula is C21H17Cl3N2O2. The van der Waals surface area contributed by atoms with Crippen molar-refractivity contribution in [1.29, 1.82) is 0 Å². The van der Waals surface area contributed by atoms with Crippen LogP contribution in [0.25, 0.3) is 11.3 Å². The monoisotopic (exact) mass is 434 g/mol. The Bertz CT molecular complexity index is 1030. The number of carbonyl (C=O) groups is 1. The highest BCUT2D eigenvalue weighted by atomic mass is 35.5. The van der Waals surface area contributed by atoms with Gasteiger partial charge in [0.05, 0.1) is 20.8 Å². The highest BCUT2D eigenvalue weighted by Gasteiger charge is 2.18. The Labute approximate surface area is 178 Å². The van der Waals surface area contributed by atoms with Crippen LogP contribution in [0.1, 0.15) is 23.4 Å². The van der Waals surface area contributed by atoms with E-state index in [9.17, 15) is 4.79 Å². The molecular weight excluding hydrogens is 419 g/mol. The van der Waals surface area contributed by atoms with Gasteiger partial charge in [-0.05, 0) is 55.3 Å². The lowest BCUT2D eigenvalue weighted by atomic mass is 10.2. The zero-order valence-corrected chi connectivity index (χ0v) is 17.1. The van der Waals surface area contributed by atoms with Gasteiger partial charge in [0.1, 0.15) is 5.76 Å². The summed E-state index contributed by atoms with van der Waals surface area (Å²) in [5.41, 5.74) is 2.23. The number of amides is 1. The van der Waals surface area contributed by atoms with E-state index in [1.54, 1.807) is 36.4 Å². The first-order valence-electron chi connectivity index (χ1n) is 8.93. The Kier molecular flexibility index (Phi) is 5.54. The third-order valence-corrected chi connectivity index (χ3v) is 5.82. The maximum Gasteiger partial charge on any atom is 0.291 e. The largest absolute Gasteiger partial charge is 0.451 e. The minimum Gasteiger partial charge on any atom is -0.451 e. The number of rotatable bonds is 4. The molecule has 0 radical (unpaired) electrons. The first-order valence-corrected chi connectivity index (χ1v) is 10.1. The van der Waals surface area contributed by atoms with E-state index < -0.39 is 0 Å². The van der Waals surface area contributed by atoms with Crippen LogP contribution in [0.5, 0.6) is 0 Å². The van der Waals surface area contributed by atoms with Gasteiger partial charge in [-0.25, -0.2) is 0 Å². The fraction of sp³-hybridized carbons (Fsp3) is 0.190. The molecule has 4 rings (SSSR count). The van der Waals surface area contributed by atoms with Crippen molar-refractivity contribution in [2.24, 2.45) is 0 Å². The third kappa shape index (κ3) is 3.86. The van der Waals surface area contributed by atoms with Crippen LogP contribution >= 0.6 is 34.8 Å². The summed E-state index contributed by atoms with van der Waals surface area (Å²) >= 11 is 18.7. The Morgan fingerprint density at radius 1 is 0.964 bits per heavy atom. The lowest BCUT2D eigenvalue weighted by molar-refractivity contribution is 0.0997. The van der Waals surface area contributed by atoms with Crippen molar-refractivity contribution in [2.75, 3.05) is 23.3 Å². The predicted molar refractivity (Wildman–Crippen MR) is 115 cm³/mol. The number of hydrogen-bond acceptors (Lipinski definition) is 3. The number of furan rings is 1. The summed E-state index contributed by atoms with van der Waals surface area (Å²) in [4.78, 5) is 14.8. The van der Waals surface area contributed by atoms with Gasteiger partial charge in [0.25, 0.3) is 5.91 Å². The van der Waals surface area contributed by atoms with Crippen molar-refractivity contribution in [3.05, 3.63) is 69.4 Å². The summed E-state index contributed by atoms with van der Waals surface area (Å²) in [7, 11) is 0. The zero-order chi connectivity index (χ0) is 19.7. The molecule has 4 nitrogen and oxygen atoms in total. The maximum absolute atomic E-state index is 12.5. The van der Waals surface area contributed by atoms with Gasteiger partial charge in [0, 0.05) is 24.3 Å². The molecule has 2 aromatic carbocycles. The number of carbonyl (C=O) groups excluding carboxylic acids is 1. The molecule has 1 aromatic heterocycles. The van der Waals surface area contributed by atoms with E-state index in [0.717, 1.165) is 18.8 Å². The van der Waals surface area contributed by atoms with E-state index in [4.69, 9.17) is 39.2 Å². The Morgan fingerprint density at radius 3 is 2.50 bits per heavy atom. The van der Waals surface area contributed by atoms with Crippen LogP contribution in [0, 0.1) is 0 Å². The van der Waals surface area contributed by atoms with Gasteiger partial charge in [-0.2, -0.15) is 0 Å². The second kappa shape index (κ2) is 8.08. The maximum atomic E-state index is 12.5. The van der Waals surface area contributed by atoms with Crippen molar-refractivity contribution in [2.45, 2.75) is 12.8 Å². The fourth-order valence-electron chi connectivity index (χ4n) is 3.29. The minimum absolute atomic E-state index is 0.172. The molecule has 0 aliphatic carbocycles. The summed E-state index contributed by atoms with van der Waals surface area (Å²) in [5.74, 6) is 0.278. The fourth-order valence-corrected chi connectivity index (χ4v) is 3.98. The number of hydrogen-bond donors (Lipinski definition) is 1. The predicted octanol–water partition coefficient (Wildman–Crippen LogP) is 6.76. The number of benzene rings is 2. The molecule has 0 atom stereocenters. The van der Waals surface area contributed by atoms with Crippen LogP contribution in [-0.2, 0) is 0 Å². The molecule has 1 aliphatic heterocycles. The molecule has 28 heavy (non-hydrogen) atoms. The molecule has 2 heterocycles. The number of anilines is 2. The summed E-state index contributed by atoms with van der Waals surface area (Å²) in [5, 5.41) is 4.24. The Hall–Kier alpha value is -2.14. The van der Waals surface area contributed by atoms with Gasteiger partial charge in [0.15, 0.2) is 5.76 Å². The topological polar surface area (TPSA) is 45.5 Å². The zero-order valence-electron chi connectivity index (χ0n) is 14.8. The molecule has 0 unspecified atom stereocenters. The Balaban J connectivity index is 1.51. The van der Waals surface area contributed by atoms with Gasteiger partial charge in [-0.3, -0.25) is 4.79 Å². The van der Waals surface area contributed by atoms with Gasteiger partial charge < -0.3 is 14.6 Å². The molecule has 3 aromatic rings. The molecule has 1 N–H and O–H groups in total. The van der Waals surface area contributed by atoms with Gasteiger partial charge >= 0.3 is 0 Å². The summed E-state index contributed by atoms with van der Waals surface area (Å²) < 4.78 is 5.68. The lowest BCUT2D eigenvalue weighted by Crippen LogP contribution is -2.18. The van der Waals surface area contributed by atoms with Gasteiger partial charge in [-0.1, -0.05) is 40.9 Å². The quantitative estimate of drug-likeness (QED) is 0.492. The first-order chi connectivity index (χ1) is 13.5. The number of nitrogens with zero attached hydrogens (tertiary/aromatic N) is 1. The molecule has 1 saturated heterocycles. The van der Waals surface area contributed by atoms with Crippen molar-refractivity contribution in [3.8, 4) is 11.3 Å². The average molecular weight is 436 g/mol. The SMILES string of the molecule is O=C(Nc1ccc(N2CCCC2)c(Cl)c1)c1ccc(-c2cccc(Cl)c2Cl)o1. The van der Waals surface area contributed by atoms with Crippen LogP contribution < -0.4 is 10.2 Å². The first kappa shape index (κ1) is 19.2. The lowest BCUT2D eigenvalue weighted by Gasteiger charge is -2.19. The molecule has 1 amide bonds. The van der Waals surface area contributed by atoms with Crippen molar-refractivity contribution < 1.29 is 9.21 Å². The van der Waals surface area contributed by atoms with Gasteiger partial charge in [0.2, 0.25) is 0 Å². The van der Waals surface area contributed by atoms with Crippen LogP contribution in [0.3, 0.4) is 0 Å². The standard InChI is InChI=1S/C21H17Cl3N2O2/c22-15-5-3-4-14(20(15)24)18-8-9-19(28-18)21(27)25-13-6-7-17(16(23)12-13)26-10-1-2-11-26/h3-9,12H,1-2,10-11H2,(H,25,27). The normalized spacial score (nSPS) is 13.8. The molecule has 0 bridgehead atoms. The Morgan fingerprint density at radius 2 is 1.75 bits per heavy atom. The summed E-state index contributed by atoms with van der Waals surface area (Å²) in [6, 6.07) is 14.1. The van der Waals surface area contributed by atoms with E-state index in [1.807, 2.05) is 12.1 Å². The highest BCUT2D eigenvalue weighted by Crippen LogP contribution is 2.35. The smallest absolute Gasteiger partial charge is 0.291 e. The van der Waals surface area contributed by atoms with Crippen LogP contribution in [0.4, 0.5) is 11.4 Å². The molecule has 0 saturated carbocycles. The van der Waals surface area contributed by atoms with Crippen LogP contribution in [-0.4, -0.2) is 19.0 Å². The highest BCUT2D eigenvalue weighted by molar-refractivity contribution is 6.43. The van der Waals surface area contributed by atoms with Gasteiger partial charge in [-0.15, -0.1) is 0 Å². The minimum atomic E-state index is -0.366. The number of halogens is 3. The second-order valence-electron chi connectivity index (χ2n) is 6.58. The average Bonchev–Trinajstić information content (AvgIpc) is 3.36. The molecule has 0 spiro atoms. The van der Waals surface area contributed by atoms with Crippen LogP contribution in [0.2, 0.25) is 15.1 Å². The van der Waals surface area contributed by atoms with E-state index >= 15 is 0 Å². The molecule has 1 fully saturated rings. The molecule has 7 heteroatoms. The van der Waals surface area contributed by atoms with Crippen molar-refractivity contribution >= 4 is 52.1 Å². The van der Waals surface area contributed by atoms with Crippen molar-refractivity contribution in [3.63, 3.8) is 0 Å². The molecule has 144 valence electrons. The molecule has 1 aliphatic rings. The van der Waals surface area contributed by atoms with Crippen molar-refractivity contribution in [1.82, 2.24) is 0 Å². The third-order valence-electron chi connectivity index (χ3n) is 4.70. The van der Waals surface area contributed by atoms with E-state index in [-0.39, 0.29) is 11.7 Å². The summed E-state index contributed by atoms with van der Waals surface area (Å²) in [6.07, 6.45) is 2.35. The summed E-state index contributed by atoms with van der Waals surface area (Å²) in [6.45, 7) is 2.01. The van der Waals surface area contributed by atoms with E-state index in [1.165, 1.54) is 12.8 Å². The second-order valence-corrected chi connectivity index (χ2v) is 7.77. The van der Waals surface area contributed by atoms with E-state index in [2.05, 4.69) is 10.2 Å². The van der Waals surface area contributed by atoms with Crippen LogP contribution in [0.15, 0.2) is 52.9 Å².